The van der Waals surface area contributed by atoms with Crippen LogP contribution in [0.3, 0.4) is 0 Å². The highest BCUT2D eigenvalue weighted by Crippen LogP contribution is 2.45. The van der Waals surface area contributed by atoms with Crippen LogP contribution in [0.4, 0.5) is 34.1 Å². The number of fused-ring (bicyclic) bond motifs is 14. The molecule has 122 heavy (non-hydrogen) atoms. The van der Waals surface area contributed by atoms with Crippen LogP contribution in [0.1, 0.15) is 0 Å². The van der Waals surface area contributed by atoms with Gasteiger partial charge in [0.05, 0.1) is 27.8 Å². The zero-order chi connectivity index (χ0) is 80.6. The highest BCUT2D eigenvalue weighted by atomic mass is 16.3. The van der Waals surface area contributed by atoms with Crippen LogP contribution in [-0.2, 0) is 0 Å². The van der Waals surface area contributed by atoms with Crippen molar-refractivity contribution >= 4 is 143 Å². The predicted octanol–water partition coefficient (Wildman–Crippen LogP) is 32.6. The van der Waals surface area contributed by atoms with Crippen molar-refractivity contribution in [3.63, 3.8) is 0 Å². The molecule has 0 aliphatic heterocycles. The van der Waals surface area contributed by atoms with Crippen LogP contribution in [0.25, 0.3) is 187 Å². The molecule has 4 aromatic heterocycles. The molecule has 20 aromatic carbocycles. The van der Waals surface area contributed by atoms with Gasteiger partial charge in [0.15, 0.2) is 0 Å². The first-order chi connectivity index (χ1) is 60.4. The largest absolute Gasteiger partial charge is 0.456 e. The summed E-state index contributed by atoms with van der Waals surface area (Å²) in [7, 11) is 0. The van der Waals surface area contributed by atoms with Gasteiger partial charge in [-0.3, -0.25) is 0 Å². The van der Waals surface area contributed by atoms with Crippen LogP contribution in [-0.4, -0.2) is 9.13 Å². The molecule has 6 nitrogen and oxygen atoms in total. The van der Waals surface area contributed by atoms with Gasteiger partial charge in [0.1, 0.15) is 22.3 Å². The topological polar surface area (TPSA) is 42.6 Å². The summed E-state index contributed by atoms with van der Waals surface area (Å²) >= 11 is 0. The standard InChI is InChI=1S/2C58H38N2O/c1-2-15-49-42(11-1)12-10-21-54(49)59(47-32-25-41(26-33-47)45-29-36-53-52-18-5-8-22-57(52)61-58(53)38-45)46-30-23-39(24-31-46)43-13-9-14-44(37-43)40-27-34-48(35-28-40)60-55-19-6-3-16-50(55)51-17-4-7-20-56(51)60;1-2-11-45-37-50(34-26-39(45)10-1)59(48-30-22-42(23-31-48)46-27-35-54-53-16-5-8-19-57(53)61-58(54)38-46)47-28-20-40(21-29-47)43-12-9-13-44(36-43)41-24-32-49(33-25-41)60-55-17-6-3-14-51(55)52-15-4-7-18-56(52)60/h2*1-38H. The molecule has 572 valence electrons. The fraction of sp³-hybridized carbons (Fsp3) is 0. The van der Waals surface area contributed by atoms with Gasteiger partial charge < -0.3 is 27.8 Å². The van der Waals surface area contributed by atoms with E-state index in [1.54, 1.807) is 0 Å². The van der Waals surface area contributed by atoms with Crippen LogP contribution in [0.5, 0.6) is 0 Å². The van der Waals surface area contributed by atoms with E-state index in [4.69, 9.17) is 8.83 Å². The molecule has 0 aliphatic rings. The van der Waals surface area contributed by atoms with E-state index in [9.17, 15) is 0 Å². The maximum atomic E-state index is 6.24. The molecule has 0 radical (unpaired) electrons. The molecule has 24 rings (SSSR count). The quantitative estimate of drug-likeness (QED) is 0.109. The summed E-state index contributed by atoms with van der Waals surface area (Å²) in [6.45, 7) is 0. The van der Waals surface area contributed by atoms with E-state index in [0.717, 1.165) is 112 Å². The molecule has 0 bridgehead atoms. The van der Waals surface area contributed by atoms with Crippen molar-refractivity contribution in [3.8, 4) is 78.1 Å². The Balaban J connectivity index is 0.000000142. The van der Waals surface area contributed by atoms with E-state index in [1.165, 1.54) is 110 Å². The van der Waals surface area contributed by atoms with Crippen LogP contribution in [0, 0.1) is 0 Å². The fourth-order valence-corrected chi connectivity index (χ4v) is 18.4. The number of benzene rings is 20. The van der Waals surface area contributed by atoms with E-state index < -0.39 is 0 Å². The Kier molecular flexibility index (Phi) is 17.5. The molecule has 0 N–H and O–H groups in total. The lowest BCUT2D eigenvalue weighted by molar-refractivity contribution is 0.668. The molecule has 0 fully saturated rings. The highest BCUT2D eigenvalue weighted by molar-refractivity contribution is 6.12. The van der Waals surface area contributed by atoms with Crippen molar-refractivity contribution in [2.45, 2.75) is 0 Å². The molecule has 0 unspecified atom stereocenters. The number of furan rings is 2. The summed E-state index contributed by atoms with van der Waals surface area (Å²) < 4.78 is 17.2. The number of rotatable bonds is 14. The molecule has 24 aromatic rings. The Bertz CT molecular complexity index is 7990. The monoisotopic (exact) mass is 1560 g/mol. The zero-order valence-electron chi connectivity index (χ0n) is 66.5. The number of hydrogen-bond acceptors (Lipinski definition) is 4. The molecule has 0 atom stereocenters. The second-order valence-electron chi connectivity index (χ2n) is 31.5. The van der Waals surface area contributed by atoms with Gasteiger partial charge in [-0.1, -0.05) is 297 Å². The average molecular weight is 1560 g/mol. The Morgan fingerprint density at radius 1 is 0.156 bits per heavy atom. The smallest absolute Gasteiger partial charge is 0.136 e. The maximum absolute atomic E-state index is 6.24. The Hall–Kier alpha value is -16.3. The van der Waals surface area contributed by atoms with Gasteiger partial charge in [-0.25, -0.2) is 0 Å². The SMILES string of the molecule is c1cc(-c2ccc(N(c3ccc(-c4ccc5c(c4)oc4ccccc45)cc3)c3ccc4ccccc4c3)cc2)cc(-c2ccc(-n3c4ccccc4c4ccccc43)cc2)c1.c1cc(-c2ccc(N(c3ccc(-c4ccc5c(c4)oc4ccccc45)cc3)c3cccc4ccccc34)cc2)cc(-c2ccc(-n3c4ccccc4c4ccccc43)cc2)c1. The van der Waals surface area contributed by atoms with Crippen LogP contribution in [0.15, 0.2) is 470 Å². The normalized spacial score (nSPS) is 11.6. The summed E-state index contributed by atoms with van der Waals surface area (Å²) in [5, 5.41) is 14.5. The minimum Gasteiger partial charge on any atom is -0.456 e. The van der Waals surface area contributed by atoms with Gasteiger partial charge in [0, 0.05) is 88.3 Å². The summed E-state index contributed by atoms with van der Waals surface area (Å²) in [6.07, 6.45) is 0. The fourth-order valence-electron chi connectivity index (χ4n) is 18.4. The van der Waals surface area contributed by atoms with Crippen molar-refractivity contribution in [1.82, 2.24) is 9.13 Å². The van der Waals surface area contributed by atoms with Crippen LogP contribution < -0.4 is 9.80 Å². The second-order valence-corrected chi connectivity index (χ2v) is 31.5. The molecule has 0 amide bonds. The number of nitrogens with zero attached hydrogens (tertiary/aromatic N) is 4. The first-order valence-corrected chi connectivity index (χ1v) is 41.6. The number of para-hydroxylation sites is 6. The molecular weight excluding hydrogens is 1480 g/mol. The van der Waals surface area contributed by atoms with Crippen LogP contribution in [0.2, 0.25) is 0 Å². The van der Waals surface area contributed by atoms with E-state index in [2.05, 4.69) is 456 Å². The van der Waals surface area contributed by atoms with Crippen molar-refractivity contribution in [1.29, 1.82) is 0 Å². The van der Waals surface area contributed by atoms with Crippen molar-refractivity contribution in [2.24, 2.45) is 0 Å². The molecule has 6 heteroatoms. The predicted molar refractivity (Wildman–Crippen MR) is 513 cm³/mol. The van der Waals surface area contributed by atoms with Gasteiger partial charge in [0.2, 0.25) is 0 Å². The third-order valence-electron chi connectivity index (χ3n) is 24.4. The zero-order valence-corrected chi connectivity index (χ0v) is 66.5. The molecular formula is C116H76N4O2. The van der Waals surface area contributed by atoms with Crippen LogP contribution >= 0.6 is 0 Å². The first kappa shape index (κ1) is 71.1. The lowest BCUT2D eigenvalue weighted by Gasteiger charge is -2.27. The van der Waals surface area contributed by atoms with Gasteiger partial charge in [-0.15, -0.1) is 0 Å². The third-order valence-corrected chi connectivity index (χ3v) is 24.4. The van der Waals surface area contributed by atoms with Gasteiger partial charge >= 0.3 is 0 Å². The average Bonchev–Trinajstić information content (AvgIpc) is 1.63. The number of aromatic nitrogens is 2. The van der Waals surface area contributed by atoms with Crippen molar-refractivity contribution in [2.75, 3.05) is 9.80 Å². The summed E-state index contributed by atoms with van der Waals surface area (Å²) in [5.74, 6) is 0. The summed E-state index contributed by atoms with van der Waals surface area (Å²) in [5.41, 5.74) is 31.4. The summed E-state index contributed by atoms with van der Waals surface area (Å²) in [4.78, 5) is 4.71. The number of hydrogen-bond donors (Lipinski definition) is 0. The van der Waals surface area contributed by atoms with E-state index >= 15 is 0 Å². The van der Waals surface area contributed by atoms with Gasteiger partial charge in [-0.2, -0.15) is 0 Å². The Morgan fingerprint density at radius 2 is 0.443 bits per heavy atom. The van der Waals surface area contributed by atoms with Gasteiger partial charge in [-0.05, 0) is 247 Å². The second kappa shape index (κ2) is 30.0. The summed E-state index contributed by atoms with van der Waals surface area (Å²) in [6, 6.07) is 166. The lowest BCUT2D eigenvalue weighted by atomic mass is 9.98. The minimum atomic E-state index is 0.902. The minimum absolute atomic E-state index is 0.902. The first-order valence-electron chi connectivity index (χ1n) is 41.6. The molecule has 0 spiro atoms. The Morgan fingerprint density at radius 3 is 0.852 bits per heavy atom. The molecule has 0 saturated heterocycles. The third kappa shape index (κ3) is 12.8. The van der Waals surface area contributed by atoms with E-state index in [0.29, 0.717) is 0 Å². The number of anilines is 6. The van der Waals surface area contributed by atoms with E-state index in [-0.39, 0.29) is 0 Å². The lowest BCUT2D eigenvalue weighted by Crippen LogP contribution is -2.10. The Labute approximate surface area is 705 Å². The van der Waals surface area contributed by atoms with Gasteiger partial charge in [0.25, 0.3) is 0 Å². The van der Waals surface area contributed by atoms with E-state index in [1.807, 2.05) is 24.3 Å². The van der Waals surface area contributed by atoms with Crippen molar-refractivity contribution in [3.05, 3.63) is 461 Å². The molecule has 0 saturated carbocycles. The molecule has 4 heterocycles. The molecule has 0 aliphatic carbocycles. The highest BCUT2D eigenvalue weighted by Gasteiger charge is 2.21. The maximum Gasteiger partial charge on any atom is 0.136 e. The van der Waals surface area contributed by atoms with Crippen molar-refractivity contribution < 1.29 is 8.83 Å².